The molecule has 1 heterocycles. The smallest absolute Gasteiger partial charge is 0.323 e. The molecule has 110 valence electrons. The van der Waals surface area contributed by atoms with Crippen molar-refractivity contribution in [3.05, 3.63) is 26.9 Å². The average Bonchev–Trinajstić information content (AvgIpc) is 2.76. The Morgan fingerprint density at radius 3 is 2.55 bits per heavy atom. The van der Waals surface area contributed by atoms with Crippen molar-refractivity contribution in [1.82, 2.24) is 9.80 Å². The van der Waals surface area contributed by atoms with Crippen LogP contribution < -0.4 is 0 Å². The lowest BCUT2D eigenvalue weighted by Gasteiger charge is -2.21. The zero-order chi connectivity index (χ0) is 15.1. The second-order valence-corrected chi connectivity index (χ2v) is 6.93. The molecule has 1 rings (SSSR count). The van der Waals surface area contributed by atoms with Gasteiger partial charge in [0.2, 0.25) is 5.91 Å². The molecular weight excluding hydrogens is 344 g/mol. The van der Waals surface area contributed by atoms with Crippen LogP contribution in [0.5, 0.6) is 0 Å². The van der Waals surface area contributed by atoms with Gasteiger partial charge in [0, 0.05) is 24.0 Å². The van der Waals surface area contributed by atoms with Crippen LogP contribution in [0.15, 0.2) is 22.0 Å². The van der Waals surface area contributed by atoms with Crippen molar-refractivity contribution in [3.8, 4) is 0 Å². The number of hydrogen-bond donors (Lipinski definition) is 1. The van der Waals surface area contributed by atoms with E-state index in [1.807, 2.05) is 31.1 Å². The van der Waals surface area contributed by atoms with Crippen LogP contribution in [0.4, 0.5) is 0 Å². The topological polar surface area (TPSA) is 60.9 Å². The molecule has 0 unspecified atom stereocenters. The highest BCUT2D eigenvalue weighted by Gasteiger charge is 2.14. The molecule has 1 N–H and O–H groups in total. The first-order chi connectivity index (χ1) is 9.38. The van der Waals surface area contributed by atoms with E-state index in [2.05, 4.69) is 15.9 Å². The van der Waals surface area contributed by atoms with Crippen molar-refractivity contribution in [2.24, 2.45) is 0 Å². The Morgan fingerprint density at radius 1 is 1.35 bits per heavy atom. The molecule has 1 amide bonds. The first-order valence-electron chi connectivity index (χ1n) is 5.97. The highest BCUT2D eigenvalue weighted by Crippen LogP contribution is 2.22. The highest BCUT2D eigenvalue weighted by molar-refractivity contribution is 9.11. The first kappa shape index (κ1) is 16.9. The van der Waals surface area contributed by atoms with E-state index in [1.165, 1.54) is 22.3 Å². The van der Waals surface area contributed by atoms with Gasteiger partial charge >= 0.3 is 5.97 Å². The lowest BCUT2D eigenvalue weighted by Crippen LogP contribution is -2.39. The zero-order valence-corrected chi connectivity index (χ0v) is 13.8. The van der Waals surface area contributed by atoms with Gasteiger partial charge in [0.15, 0.2) is 0 Å². The third-order valence-electron chi connectivity index (χ3n) is 2.44. The van der Waals surface area contributed by atoms with Gasteiger partial charge in [0.25, 0.3) is 0 Å². The van der Waals surface area contributed by atoms with Crippen LogP contribution in [0.25, 0.3) is 6.08 Å². The van der Waals surface area contributed by atoms with E-state index < -0.39 is 5.97 Å². The number of aliphatic carboxylic acids is 1. The fourth-order valence-corrected chi connectivity index (χ4v) is 2.75. The maximum Gasteiger partial charge on any atom is 0.323 e. The van der Waals surface area contributed by atoms with Crippen LogP contribution in [0.1, 0.15) is 4.88 Å². The summed E-state index contributed by atoms with van der Waals surface area (Å²) in [5.74, 6) is -1.30. The molecule has 0 aromatic carbocycles. The Morgan fingerprint density at radius 2 is 2.05 bits per heavy atom. The van der Waals surface area contributed by atoms with Crippen LogP contribution in [-0.2, 0) is 9.59 Å². The van der Waals surface area contributed by atoms with Crippen molar-refractivity contribution >= 4 is 45.2 Å². The maximum atomic E-state index is 12.0. The Labute approximate surface area is 130 Å². The summed E-state index contributed by atoms with van der Waals surface area (Å²) in [6, 6.07) is 3.79. The lowest BCUT2D eigenvalue weighted by atomic mass is 10.3. The Balaban J connectivity index is 2.66. The van der Waals surface area contributed by atoms with E-state index in [9.17, 15) is 9.59 Å². The number of carbonyl (C=O) groups excluding carboxylic acids is 1. The highest BCUT2D eigenvalue weighted by atomic mass is 79.9. The minimum atomic E-state index is -1.01. The molecule has 0 aliphatic carbocycles. The van der Waals surface area contributed by atoms with Crippen LogP contribution in [-0.4, -0.2) is 60.5 Å². The number of hydrogen-bond acceptors (Lipinski definition) is 4. The number of carboxylic acids is 1. The third-order valence-corrected chi connectivity index (χ3v) is 4.03. The number of nitrogens with zero attached hydrogens (tertiary/aromatic N) is 2. The molecule has 0 fully saturated rings. The fourth-order valence-electron chi connectivity index (χ4n) is 1.43. The molecule has 1 aromatic rings. The van der Waals surface area contributed by atoms with Crippen molar-refractivity contribution in [2.45, 2.75) is 0 Å². The monoisotopic (exact) mass is 360 g/mol. The van der Waals surface area contributed by atoms with Crippen LogP contribution in [0.2, 0.25) is 0 Å². The first-order valence-corrected chi connectivity index (χ1v) is 7.58. The minimum absolute atomic E-state index is 0.287. The number of amides is 1. The number of rotatable bonds is 7. The lowest BCUT2D eigenvalue weighted by molar-refractivity contribution is -0.142. The standard InChI is InChI=1S/C13H17BrN2O3S/c1-15(2)7-8-16(9-13(18)19)12(17)6-4-10-3-5-11(14)20-10/h3-6H,7-9H2,1-2H3,(H,18,19)/b6-4+. The van der Waals surface area contributed by atoms with E-state index in [0.29, 0.717) is 13.1 Å². The molecular formula is C13H17BrN2O3S. The van der Waals surface area contributed by atoms with Crippen molar-refractivity contribution < 1.29 is 14.7 Å². The number of carbonyl (C=O) groups is 2. The second-order valence-electron chi connectivity index (χ2n) is 4.43. The Hall–Kier alpha value is -1.18. The molecule has 0 saturated heterocycles. The van der Waals surface area contributed by atoms with Crippen LogP contribution in [0.3, 0.4) is 0 Å². The van der Waals surface area contributed by atoms with Gasteiger partial charge in [-0.05, 0) is 48.2 Å². The zero-order valence-electron chi connectivity index (χ0n) is 11.4. The van der Waals surface area contributed by atoms with Gasteiger partial charge in [-0.1, -0.05) is 0 Å². The summed E-state index contributed by atoms with van der Waals surface area (Å²) < 4.78 is 0.986. The van der Waals surface area contributed by atoms with Gasteiger partial charge < -0.3 is 14.9 Å². The van der Waals surface area contributed by atoms with Gasteiger partial charge in [-0.15, -0.1) is 11.3 Å². The van der Waals surface area contributed by atoms with Gasteiger partial charge in [-0.3, -0.25) is 9.59 Å². The normalized spacial score (nSPS) is 11.2. The molecule has 0 saturated carbocycles. The summed E-state index contributed by atoms with van der Waals surface area (Å²) in [5.41, 5.74) is 0. The van der Waals surface area contributed by atoms with Crippen LogP contribution >= 0.6 is 27.3 Å². The van der Waals surface area contributed by atoms with Gasteiger partial charge in [0.05, 0.1) is 3.79 Å². The largest absolute Gasteiger partial charge is 0.480 e. The Bertz CT molecular complexity index is 500. The summed E-state index contributed by atoms with van der Waals surface area (Å²) in [7, 11) is 3.75. The number of thiophene rings is 1. The second kappa shape index (κ2) is 8.18. The summed E-state index contributed by atoms with van der Waals surface area (Å²) >= 11 is 4.86. The van der Waals surface area contributed by atoms with Gasteiger partial charge in [-0.25, -0.2) is 0 Å². The summed E-state index contributed by atoms with van der Waals surface area (Å²) in [4.78, 5) is 27.0. The molecule has 20 heavy (non-hydrogen) atoms. The molecule has 1 aromatic heterocycles. The Kier molecular flexibility index (Phi) is 6.90. The predicted octanol–water partition coefficient (Wildman–Crippen LogP) is 2.00. The van der Waals surface area contributed by atoms with E-state index in [1.54, 1.807) is 6.08 Å². The molecule has 0 aliphatic rings. The molecule has 0 atom stereocenters. The van der Waals surface area contributed by atoms with Gasteiger partial charge in [0.1, 0.15) is 6.54 Å². The SMILES string of the molecule is CN(C)CCN(CC(=O)O)C(=O)/C=C/c1ccc(Br)s1. The van der Waals surface area contributed by atoms with Gasteiger partial charge in [-0.2, -0.15) is 0 Å². The molecule has 7 heteroatoms. The number of halogens is 1. The third kappa shape index (κ3) is 6.31. The fraction of sp³-hybridized carbons (Fsp3) is 0.385. The molecule has 0 aliphatic heterocycles. The molecule has 5 nitrogen and oxygen atoms in total. The van der Waals surface area contributed by atoms with Crippen molar-refractivity contribution in [3.63, 3.8) is 0 Å². The summed E-state index contributed by atoms with van der Waals surface area (Å²) in [5, 5.41) is 8.85. The molecule has 0 radical (unpaired) electrons. The minimum Gasteiger partial charge on any atom is -0.480 e. The maximum absolute atomic E-state index is 12.0. The quantitative estimate of drug-likeness (QED) is 0.755. The van der Waals surface area contributed by atoms with Crippen LogP contribution in [0, 0.1) is 0 Å². The van der Waals surface area contributed by atoms with Crippen molar-refractivity contribution in [1.29, 1.82) is 0 Å². The van der Waals surface area contributed by atoms with Crippen molar-refractivity contribution in [2.75, 3.05) is 33.7 Å². The van der Waals surface area contributed by atoms with E-state index >= 15 is 0 Å². The summed E-state index contributed by atoms with van der Waals surface area (Å²) in [6.07, 6.45) is 3.11. The molecule has 0 bridgehead atoms. The number of likely N-dealkylation sites (N-methyl/N-ethyl adjacent to an activating group) is 1. The molecule has 0 spiro atoms. The van der Waals surface area contributed by atoms with E-state index in [0.717, 1.165) is 8.66 Å². The number of carboxylic acid groups (broad SMARTS) is 1. The van der Waals surface area contributed by atoms with E-state index in [-0.39, 0.29) is 12.5 Å². The van der Waals surface area contributed by atoms with E-state index in [4.69, 9.17) is 5.11 Å². The summed E-state index contributed by atoms with van der Waals surface area (Å²) in [6.45, 7) is 0.721. The average molecular weight is 361 g/mol. The predicted molar refractivity (Wildman–Crippen MR) is 83.8 cm³/mol.